The van der Waals surface area contributed by atoms with Crippen molar-refractivity contribution in [2.45, 2.75) is 45.2 Å². The van der Waals surface area contributed by atoms with Gasteiger partial charge in [-0.3, -0.25) is 4.40 Å². The van der Waals surface area contributed by atoms with Crippen LogP contribution in [0.3, 0.4) is 0 Å². The predicted octanol–water partition coefficient (Wildman–Crippen LogP) is 2.87. The Morgan fingerprint density at radius 3 is 2.84 bits per heavy atom. The lowest BCUT2D eigenvalue weighted by atomic mass is 9.87. The second-order valence-electron chi connectivity index (χ2n) is 5.67. The highest BCUT2D eigenvalue weighted by atomic mass is 32.1. The third-order valence-electron chi connectivity index (χ3n) is 4.40. The number of anilines is 1. The van der Waals surface area contributed by atoms with E-state index in [1.54, 1.807) is 11.3 Å². The molecule has 2 aromatic rings. The van der Waals surface area contributed by atoms with E-state index >= 15 is 0 Å². The number of nitrogens with zero attached hydrogens (tertiary/aromatic N) is 3. The molecule has 2 N–H and O–H groups in total. The van der Waals surface area contributed by atoms with Gasteiger partial charge in [-0.2, -0.15) is 0 Å². The zero-order valence-electron chi connectivity index (χ0n) is 11.7. The van der Waals surface area contributed by atoms with Crippen molar-refractivity contribution >= 4 is 22.1 Å². The zero-order chi connectivity index (χ0) is 13.4. The zero-order valence-corrected chi connectivity index (χ0v) is 12.5. The number of nitrogens with two attached hydrogens (primary N) is 1. The number of fused-ring (bicyclic) bond motifs is 1. The van der Waals surface area contributed by atoms with E-state index in [1.165, 1.54) is 25.7 Å². The summed E-state index contributed by atoms with van der Waals surface area (Å²) in [7, 11) is 2.17. The van der Waals surface area contributed by atoms with E-state index in [0.717, 1.165) is 22.4 Å². The smallest absolute Gasteiger partial charge is 0.195 e. The molecular weight excluding hydrogens is 256 g/mol. The van der Waals surface area contributed by atoms with Gasteiger partial charge in [-0.25, -0.2) is 4.98 Å². The van der Waals surface area contributed by atoms with Crippen LogP contribution in [0.25, 0.3) is 4.96 Å². The summed E-state index contributed by atoms with van der Waals surface area (Å²) in [6.07, 6.45) is 7.26. The highest BCUT2D eigenvalue weighted by Crippen LogP contribution is 2.31. The molecule has 0 unspecified atom stereocenters. The molecule has 1 aliphatic carbocycles. The third kappa shape index (κ3) is 2.25. The topological polar surface area (TPSA) is 46.6 Å². The molecule has 3 rings (SSSR count). The van der Waals surface area contributed by atoms with Gasteiger partial charge < -0.3 is 10.6 Å². The van der Waals surface area contributed by atoms with Crippen molar-refractivity contribution in [2.24, 2.45) is 11.7 Å². The maximum absolute atomic E-state index is 5.93. The van der Waals surface area contributed by atoms with Crippen molar-refractivity contribution in [1.82, 2.24) is 9.38 Å². The first-order valence-electron chi connectivity index (χ1n) is 7.08. The van der Waals surface area contributed by atoms with E-state index in [-0.39, 0.29) is 0 Å². The normalized spacial score (nSPS) is 23.9. The minimum absolute atomic E-state index is 0.542. The van der Waals surface area contributed by atoms with Crippen molar-refractivity contribution in [2.75, 3.05) is 11.9 Å². The van der Waals surface area contributed by atoms with Crippen LogP contribution >= 0.6 is 11.3 Å². The predicted molar refractivity (Wildman–Crippen MR) is 80.8 cm³/mol. The van der Waals surface area contributed by atoms with Crippen LogP contribution in [0, 0.1) is 5.92 Å². The summed E-state index contributed by atoms with van der Waals surface area (Å²) in [5, 5.41) is 2.06. The third-order valence-corrected chi connectivity index (χ3v) is 5.16. The molecule has 2 heterocycles. The number of aromatic nitrogens is 2. The van der Waals surface area contributed by atoms with Crippen LogP contribution in [0.1, 0.15) is 38.3 Å². The maximum atomic E-state index is 5.93. The highest BCUT2D eigenvalue weighted by molar-refractivity contribution is 7.15. The molecule has 2 aromatic heterocycles. The molecule has 104 valence electrons. The largest absolute Gasteiger partial charge is 0.355 e. The summed E-state index contributed by atoms with van der Waals surface area (Å²) in [5.41, 5.74) is 7.06. The molecule has 19 heavy (non-hydrogen) atoms. The van der Waals surface area contributed by atoms with Crippen LogP contribution in [0.5, 0.6) is 0 Å². The fourth-order valence-corrected chi connectivity index (χ4v) is 3.82. The van der Waals surface area contributed by atoms with Crippen molar-refractivity contribution in [1.29, 1.82) is 0 Å². The number of hydrogen-bond donors (Lipinski definition) is 1. The lowest BCUT2D eigenvalue weighted by Gasteiger charge is -2.34. The Bertz CT molecular complexity index is 551. The Hall–Kier alpha value is -1.07. The Balaban J connectivity index is 1.88. The van der Waals surface area contributed by atoms with Crippen molar-refractivity contribution in [3.05, 3.63) is 17.3 Å². The van der Waals surface area contributed by atoms with Crippen LogP contribution in [-0.4, -0.2) is 22.5 Å². The molecule has 0 amide bonds. The SMILES string of the molecule is CC1CCC(N(C)c2nc3sccn3c2CN)CC1. The Kier molecular flexibility index (Phi) is 3.50. The molecule has 0 aliphatic heterocycles. The van der Waals surface area contributed by atoms with Gasteiger partial charge in [0.15, 0.2) is 10.8 Å². The first-order valence-corrected chi connectivity index (χ1v) is 7.96. The van der Waals surface area contributed by atoms with Gasteiger partial charge in [-0.05, 0) is 31.6 Å². The van der Waals surface area contributed by atoms with Crippen LogP contribution in [0.4, 0.5) is 5.82 Å². The average molecular weight is 278 g/mol. The summed E-state index contributed by atoms with van der Waals surface area (Å²) >= 11 is 1.67. The maximum Gasteiger partial charge on any atom is 0.195 e. The summed E-state index contributed by atoms with van der Waals surface area (Å²) in [6.45, 7) is 2.90. The molecule has 4 nitrogen and oxygen atoms in total. The first-order chi connectivity index (χ1) is 9.20. The summed E-state index contributed by atoms with van der Waals surface area (Å²) in [4.78, 5) is 8.17. The summed E-state index contributed by atoms with van der Waals surface area (Å²) in [6, 6.07) is 0.617. The van der Waals surface area contributed by atoms with Gasteiger partial charge in [0.2, 0.25) is 0 Å². The molecule has 0 radical (unpaired) electrons. The van der Waals surface area contributed by atoms with Crippen LogP contribution in [0.15, 0.2) is 11.6 Å². The molecule has 5 heteroatoms. The second-order valence-corrected chi connectivity index (χ2v) is 6.54. The summed E-state index contributed by atoms with van der Waals surface area (Å²) < 4.78 is 2.13. The molecule has 0 bridgehead atoms. The molecule has 0 saturated heterocycles. The quantitative estimate of drug-likeness (QED) is 0.939. The van der Waals surface area contributed by atoms with Gasteiger partial charge in [-0.15, -0.1) is 11.3 Å². The molecular formula is C14H22N4S. The fraction of sp³-hybridized carbons (Fsp3) is 0.643. The molecule has 1 saturated carbocycles. The van der Waals surface area contributed by atoms with Gasteiger partial charge in [0, 0.05) is 31.2 Å². The van der Waals surface area contributed by atoms with E-state index in [0.29, 0.717) is 12.6 Å². The van der Waals surface area contributed by atoms with Crippen LogP contribution < -0.4 is 10.6 Å². The van der Waals surface area contributed by atoms with Crippen molar-refractivity contribution in [3.63, 3.8) is 0 Å². The van der Waals surface area contributed by atoms with Crippen LogP contribution in [-0.2, 0) is 6.54 Å². The number of thiazole rings is 1. The van der Waals surface area contributed by atoms with Gasteiger partial charge in [0.1, 0.15) is 0 Å². The van der Waals surface area contributed by atoms with E-state index in [9.17, 15) is 0 Å². The highest BCUT2D eigenvalue weighted by Gasteiger charge is 2.25. The minimum Gasteiger partial charge on any atom is -0.355 e. The van der Waals surface area contributed by atoms with E-state index in [1.807, 2.05) is 0 Å². The molecule has 0 aromatic carbocycles. The second kappa shape index (κ2) is 5.13. The Morgan fingerprint density at radius 1 is 1.42 bits per heavy atom. The van der Waals surface area contributed by atoms with Gasteiger partial charge >= 0.3 is 0 Å². The van der Waals surface area contributed by atoms with Crippen LogP contribution in [0.2, 0.25) is 0 Å². The standard InChI is InChI=1S/C14H22N4S/c1-10-3-5-11(6-4-10)17(2)13-12(9-15)18-7-8-19-14(18)16-13/h7-8,10-11H,3-6,9,15H2,1-2H3. The number of rotatable bonds is 3. The molecule has 1 fully saturated rings. The van der Waals surface area contributed by atoms with Crippen molar-refractivity contribution in [3.8, 4) is 0 Å². The van der Waals surface area contributed by atoms with Crippen molar-refractivity contribution < 1.29 is 0 Å². The average Bonchev–Trinajstić information content (AvgIpc) is 2.98. The van der Waals surface area contributed by atoms with E-state index < -0.39 is 0 Å². The number of imidazole rings is 1. The first kappa shape index (κ1) is 12.9. The number of hydrogen-bond acceptors (Lipinski definition) is 4. The molecule has 1 aliphatic rings. The molecule has 0 atom stereocenters. The van der Waals surface area contributed by atoms with Gasteiger partial charge in [0.05, 0.1) is 5.69 Å². The monoisotopic (exact) mass is 278 g/mol. The van der Waals surface area contributed by atoms with Gasteiger partial charge in [-0.1, -0.05) is 6.92 Å². The lowest BCUT2D eigenvalue weighted by Crippen LogP contribution is -2.35. The van der Waals surface area contributed by atoms with E-state index in [4.69, 9.17) is 10.7 Å². The van der Waals surface area contributed by atoms with E-state index in [2.05, 4.69) is 34.8 Å². The Morgan fingerprint density at radius 2 is 2.16 bits per heavy atom. The fourth-order valence-electron chi connectivity index (χ4n) is 3.10. The van der Waals surface area contributed by atoms with Gasteiger partial charge in [0.25, 0.3) is 0 Å². The lowest BCUT2D eigenvalue weighted by molar-refractivity contribution is 0.340. The minimum atomic E-state index is 0.542. The Labute approximate surface area is 118 Å². The molecule has 0 spiro atoms. The summed E-state index contributed by atoms with van der Waals surface area (Å²) in [5.74, 6) is 1.96.